The van der Waals surface area contributed by atoms with E-state index in [1.165, 1.54) is 0 Å². The Morgan fingerprint density at radius 3 is 2.42 bits per heavy atom. The van der Waals surface area contributed by atoms with Gasteiger partial charge in [0.1, 0.15) is 16.9 Å². The molecule has 5 heteroatoms. The molecule has 2 aromatic rings. The average Bonchev–Trinajstić information content (AvgIpc) is 3.10. The number of carbonyl (C=O) groups excluding carboxylic acids is 1. The van der Waals surface area contributed by atoms with E-state index in [1.54, 1.807) is 26.0 Å². The third-order valence-corrected chi connectivity index (χ3v) is 5.45. The standard InChI is InChI=1S/C19H21NO3S/c1-13-6-4-5-7-17(13)18(21)20-8-9-24-19(20)14-10-15(22-2)12-16(11-14)23-3/h4-7,10-12,19H,8-9H2,1-3H3. The Labute approximate surface area is 146 Å². The van der Waals surface area contributed by atoms with Gasteiger partial charge in [0.25, 0.3) is 5.91 Å². The second-order valence-electron chi connectivity index (χ2n) is 5.68. The zero-order chi connectivity index (χ0) is 17.1. The second-order valence-corrected chi connectivity index (χ2v) is 6.87. The molecular weight excluding hydrogens is 322 g/mol. The quantitative estimate of drug-likeness (QED) is 0.844. The largest absolute Gasteiger partial charge is 0.497 e. The van der Waals surface area contributed by atoms with Crippen LogP contribution in [0.3, 0.4) is 0 Å². The first-order valence-corrected chi connectivity index (χ1v) is 8.90. The molecule has 0 aromatic heterocycles. The molecule has 1 aliphatic heterocycles. The van der Waals surface area contributed by atoms with E-state index in [0.717, 1.165) is 40.5 Å². The number of thioether (sulfide) groups is 1. The summed E-state index contributed by atoms with van der Waals surface area (Å²) >= 11 is 1.76. The molecule has 0 bridgehead atoms. The Kier molecular flexibility index (Phi) is 5.00. The van der Waals surface area contributed by atoms with Crippen LogP contribution < -0.4 is 9.47 Å². The van der Waals surface area contributed by atoms with Crippen molar-refractivity contribution < 1.29 is 14.3 Å². The predicted molar refractivity (Wildman–Crippen MR) is 97.0 cm³/mol. The molecule has 4 nitrogen and oxygen atoms in total. The molecule has 1 amide bonds. The first-order chi connectivity index (χ1) is 11.6. The van der Waals surface area contributed by atoms with Crippen molar-refractivity contribution >= 4 is 17.7 Å². The normalized spacial score (nSPS) is 17.0. The van der Waals surface area contributed by atoms with E-state index in [0.29, 0.717) is 0 Å². The van der Waals surface area contributed by atoms with Crippen molar-refractivity contribution in [2.24, 2.45) is 0 Å². The number of benzene rings is 2. The van der Waals surface area contributed by atoms with Crippen LogP contribution in [0.25, 0.3) is 0 Å². The summed E-state index contributed by atoms with van der Waals surface area (Å²) in [5, 5.41) is -0.0268. The molecule has 1 atom stereocenters. The highest BCUT2D eigenvalue weighted by Gasteiger charge is 2.32. The van der Waals surface area contributed by atoms with Gasteiger partial charge in [-0.2, -0.15) is 0 Å². The van der Waals surface area contributed by atoms with Gasteiger partial charge in [0.05, 0.1) is 14.2 Å². The lowest BCUT2D eigenvalue weighted by Crippen LogP contribution is -2.30. The minimum Gasteiger partial charge on any atom is -0.497 e. The van der Waals surface area contributed by atoms with Crippen LogP contribution in [0.2, 0.25) is 0 Å². The molecule has 24 heavy (non-hydrogen) atoms. The molecule has 0 aliphatic carbocycles. The summed E-state index contributed by atoms with van der Waals surface area (Å²) in [6.07, 6.45) is 0. The molecular formula is C19H21NO3S. The van der Waals surface area contributed by atoms with Crippen LogP contribution in [-0.2, 0) is 0 Å². The van der Waals surface area contributed by atoms with Gasteiger partial charge in [-0.25, -0.2) is 0 Å². The maximum atomic E-state index is 13.0. The van der Waals surface area contributed by atoms with Crippen LogP contribution in [0.1, 0.15) is 26.9 Å². The number of amides is 1. The number of rotatable bonds is 4. The summed E-state index contributed by atoms with van der Waals surface area (Å²) in [5.74, 6) is 2.46. The molecule has 1 fully saturated rings. The maximum Gasteiger partial charge on any atom is 0.255 e. The number of hydrogen-bond donors (Lipinski definition) is 0. The number of aryl methyl sites for hydroxylation is 1. The predicted octanol–water partition coefficient (Wildman–Crippen LogP) is 3.90. The van der Waals surface area contributed by atoms with E-state index in [-0.39, 0.29) is 11.3 Å². The van der Waals surface area contributed by atoms with Crippen LogP contribution >= 0.6 is 11.8 Å². The number of carbonyl (C=O) groups is 1. The summed E-state index contributed by atoms with van der Waals surface area (Å²) in [6.45, 7) is 2.71. The van der Waals surface area contributed by atoms with Gasteiger partial charge in [-0.1, -0.05) is 18.2 Å². The lowest BCUT2D eigenvalue weighted by atomic mass is 10.1. The minimum absolute atomic E-state index is 0.0268. The van der Waals surface area contributed by atoms with Crippen molar-refractivity contribution in [3.8, 4) is 11.5 Å². The molecule has 1 aliphatic rings. The summed E-state index contributed by atoms with van der Waals surface area (Å²) < 4.78 is 10.7. The van der Waals surface area contributed by atoms with E-state index >= 15 is 0 Å². The van der Waals surface area contributed by atoms with Crippen molar-refractivity contribution in [1.29, 1.82) is 0 Å². The first kappa shape index (κ1) is 16.7. The molecule has 1 heterocycles. The second kappa shape index (κ2) is 7.18. The van der Waals surface area contributed by atoms with E-state index in [1.807, 2.05) is 54.3 Å². The Balaban J connectivity index is 1.94. The Morgan fingerprint density at radius 1 is 1.12 bits per heavy atom. The molecule has 1 saturated heterocycles. The monoisotopic (exact) mass is 343 g/mol. The fraction of sp³-hybridized carbons (Fsp3) is 0.316. The lowest BCUT2D eigenvalue weighted by Gasteiger charge is -2.25. The summed E-state index contributed by atoms with van der Waals surface area (Å²) in [4.78, 5) is 14.9. The highest BCUT2D eigenvalue weighted by Crippen LogP contribution is 2.41. The van der Waals surface area contributed by atoms with E-state index in [9.17, 15) is 4.79 Å². The maximum absolute atomic E-state index is 13.0. The zero-order valence-electron chi connectivity index (χ0n) is 14.1. The van der Waals surface area contributed by atoms with Crippen LogP contribution in [0.4, 0.5) is 0 Å². The number of ether oxygens (including phenoxy) is 2. The molecule has 2 aromatic carbocycles. The first-order valence-electron chi connectivity index (χ1n) is 7.85. The SMILES string of the molecule is COc1cc(OC)cc(C2SCCN2C(=O)c2ccccc2C)c1. The van der Waals surface area contributed by atoms with Crippen molar-refractivity contribution in [2.45, 2.75) is 12.3 Å². The smallest absolute Gasteiger partial charge is 0.255 e. The van der Waals surface area contributed by atoms with Gasteiger partial charge in [-0.15, -0.1) is 11.8 Å². The fourth-order valence-electron chi connectivity index (χ4n) is 2.89. The molecule has 126 valence electrons. The Hall–Kier alpha value is -2.14. The third kappa shape index (κ3) is 3.22. The van der Waals surface area contributed by atoms with Crippen molar-refractivity contribution in [2.75, 3.05) is 26.5 Å². The van der Waals surface area contributed by atoms with Gasteiger partial charge >= 0.3 is 0 Å². The van der Waals surface area contributed by atoms with Crippen molar-refractivity contribution in [3.05, 3.63) is 59.2 Å². The van der Waals surface area contributed by atoms with Gasteiger partial charge in [-0.05, 0) is 36.2 Å². The van der Waals surface area contributed by atoms with Crippen LogP contribution in [0.5, 0.6) is 11.5 Å². The van der Waals surface area contributed by atoms with Gasteiger partial charge in [0, 0.05) is 23.9 Å². The van der Waals surface area contributed by atoms with E-state index in [4.69, 9.17) is 9.47 Å². The molecule has 1 unspecified atom stereocenters. The molecule has 0 saturated carbocycles. The molecule has 0 spiro atoms. The van der Waals surface area contributed by atoms with Crippen LogP contribution in [0, 0.1) is 6.92 Å². The van der Waals surface area contributed by atoms with Gasteiger partial charge in [0.2, 0.25) is 0 Å². The lowest BCUT2D eigenvalue weighted by molar-refractivity contribution is 0.0759. The van der Waals surface area contributed by atoms with Crippen molar-refractivity contribution in [3.63, 3.8) is 0 Å². The van der Waals surface area contributed by atoms with E-state index < -0.39 is 0 Å². The molecule has 0 radical (unpaired) electrons. The van der Waals surface area contributed by atoms with Crippen LogP contribution in [0.15, 0.2) is 42.5 Å². The van der Waals surface area contributed by atoms with Gasteiger partial charge in [0.15, 0.2) is 0 Å². The Bertz CT molecular complexity index is 725. The average molecular weight is 343 g/mol. The van der Waals surface area contributed by atoms with Gasteiger partial charge < -0.3 is 14.4 Å². The number of methoxy groups -OCH3 is 2. The fourth-order valence-corrected chi connectivity index (χ4v) is 4.13. The summed E-state index contributed by atoms with van der Waals surface area (Å²) in [6, 6.07) is 13.5. The number of nitrogens with zero attached hydrogens (tertiary/aromatic N) is 1. The topological polar surface area (TPSA) is 38.8 Å². The number of hydrogen-bond acceptors (Lipinski definition) is 4. The summed E-state index contributed by atoms with van der Waals surface area (Å²) in [5.41, 5.74) is 2.79. The van der Waals surface area contributed by atoms with E-state index in [2.05, 4.69) is 0 Å². The third-order valence-electron chi connectivity index (χ3n) is 4.19. The van der Waals surface area contributed by atoms with Gasteiger partial charge in [-0.3, -0.25) is 4.79 Å². The minimum atomic E-state index is -0.0268. The summed E-state index contributed by atoms with van der Waals surface area (Å²) in [7, 11) is 3.27. The molecule has 3 rings (SSSR count). The zero-order valence-corrected chi connectivity index (χ0v) is 14.9. The highest BCUT2D eigenvalue weighted by molar-refractivity contribution is 7.99. The van der Waals surface area contributed by atoms with Crippen molar-refractivity contribution in [1.82, 2.24) is 4.90 Å². The highest BCUT2D eigenvalue weighted by atomic mass is 32.2. The Morgan fingerprint density at radius 2 is 1.79 bits per heavy atom. The van der Waals surface area contributed by atoms with Crippen LogP contribution in [-0.4, -0.2) is 37.3 Å². The molecule has 0 N–H and O–H groups in total.